The van der Waals surface area contributed by atoms with Gasteiger partial charge in [-0.15, -0.1) is 0 Å². The summed E-state index contributed by atoms with van der Waals surface area (Å²) < 4.78 is 71.3. The smallest absolute Gasteiger partial charge is 0.331 e. The molecular weight excluding hydrogens is 860 g/mol. The highest BCUT2D eigenvalue weighted by Crippen LogP contribution is 2.53. The number of aliphatic hydroxyl groups is 2. The Hall–Kier alpha value is -2.48. The Labute approximate surface area is 383 Å². The van der Waals surface area contributed by atoms with Gasteiger partial charge in [0.2, 0.25) is 5.91 Å². The topological polar surface area (TPSA) is 185 Å². The molecule has 2 unspecified atom stereocenters. The summed E-state index contributed by atoms with van der Waals surface area (Å²) in [5.41, 5.74) is 1.68. The van der Waals surface area contributed by atoms with Crippen LogP contribution in [0.25, 0.3) is 0 Å². The molecule has 0 spiro atoms. The monoisotopic (exact) mass is 940 g/mol. The quantitative estimate of drug-likeness (QED) is 0.0337. The molecule has 1 fully saturated rings. The van der Waals surface area contributed by atoms with Gasteiger partial charge in [-0.05, 0) is 43.2 Å². The minimum Gasteiger partial charge on any atom is -0.457 e. The highest BCUT2D eigenvalue weighted by Gasteiger charge is 2.49. The first-order chi connectivity index (χ1) is 30.9. The zero-order chi connectivity index (χ0) is 46.6. The Balaban J connectivity index is 1.88. The second kappa shape index (κ2) is 31.5. The lowest BCUT2D eigenvalue weighted by atomic mass is 9.96. The van der Waals surface area contributed by atoms with Crippen LogP contribution in [0.5, 0.6) is 0 Å². The zero-order valence-electron chi connectivity index (χ0n) is 39.2. The van der Waals surface area contributed by atoms with Crippen LogP contribution in [0.1, 0.15) is 148 Å². The molecule has 1 aliphatic heterocycles. The van der Waals surface area contributed by atoms with Crippen molar-refractivity contribution in [2.24, 2.45) is 0 Å². The van der Waals surface area contributed by atoms with Crippen molar-refractivity contribution < 1.29 is 61.2 Å². The maximum absolute atomic E-state index is 14.3. The number of hydrogen-bond donors (Lipinski definition) is 3. The van der Waals surface area contributed by atoms with Crippen molar-refractivity contribution in [3.05, 3.63) is 71.8 Å². The van der Waals surface area contributed by atoms with Crippen molar-refractivity contribution >= 4 is 27.1 Å². The van der Waals surface area contributed by atoms with Gasteiger partial charge in [0, 0.05) is 6.61 Å². The summed E-state index contributed by atoms with van der Waals surface area (Å²) in [7, 11) is -7.35. The van der Waals surface area contributed by atoms with Crippen LogP contribution in [-0.4, -0.2) is 90.5 Å². The SMILES string of the molecule is CCCCC[C@H](CC(=O)N[C@H]1[C@H](OCCCC)O[C@H](CO)[C@@H](O)[C@@H]1OC(=O)C[C@@H](CCCCC)OP(=O)(CCCC)OCc1ccccc1)OP(=O)(CCCC)OCc1ccccc1. The lowest BCUT2D eigenvalue weighted by Crippen LogP contribution is -2.66. The summed E-state index contributed by atoms with van der Waals surface area (Å²) in [5.74, 6) is -1.30. The Morgan fingerprint density at radius 2 is 1.17 bits per heavy atom. The molecule has 16 heteroatoms. The molecule has 3 rings (SSSR count). The molecule has 364 valence electrons. The number of aliphatic hydroxyl groups excluding tert-OH is 2. The van der Waals surface area contributed by atoms with Crippen LogP contribution < -0.4 is 5.32 Å². The van der Waals surface area contributed by atoms with E-state index in [0.29, 0.717) is 38.5 Å². The van der Waals surface area contributed by atoms with Crippen molar-refractivity contribution in [2.45, 2.75) is 193 Å². The number of ether oxygens (including phenoxy) is 3. The van der Waals surface area contributed by atoms with E-state index in [4.69, 9.17) is 32.3 Å². The molecule has 0 aromatic heterocycles. The van der Waals surface area contributed by atoms with Crippen LogP contribution in [0.3, 0.4) is 0 Å². The van der Waals surface area contributed by atoms with Crippen LogP contribution in [0, 0.1) is 0 Å². The fourth-order valence-electron chi connectivity index (χ4n) is 7.26. The second-order valence-electron chi connectivity index (χ2n) is 16.7. The van der Waals surface area contributed by atoms with Crippen molar-refractivity contribution in [3.8, 4) is 0 Å². The Morgan fingerprint density at radius 1 is 0.688 bits per heavy atom. The maximum atomic E-state index is 14.3. The van der Waals surface area contributed by atoms with Gasteiger partial charge in [-0.25, -0.2) is 0 Å². The first-order valence-electron chi connectivity index (χ1n) is 23.9. The van der Waals surface area contributed by atoms with Gasteiger partial charge in [-0.3, -0.25) is 18.7 Å². The third-order valence-electron chi connectivity index (χ3n) is 11.0. The predicted molar refractivity (Wildman–Crippen MR) is 249 cm³/mol. The molecule has 64 heavy (non-hydrogen) atoms. The van der Waals surface area contributed by atoms with Gasteiger partial charge in [0.25, 0.3) is 0 Å². The van der Waals surface area contributed by atoms with Gasteiger partial charge >= 0.3 is 21.2 Å². The standard InChI is InChI=1S/C48H79NO13P2/c1-6-11-18-28-40(61-63(54,31-14-9-4)57-36-38-24-20-16-21-25-38)33-43(51)49-45-47(46(53)42(35-50)59-48(45)56-30-13-8-3)60-44(52)34-41(29-19-12-7-2)62-64(55,32-15-10-5)58-37-39-26-22-17-23-27-39/h16-17,20-27,40-42,45-48,50,53H,6-15,18-19,28-37H2,1-5H3,(H,49,51)/t40-,41-,42-,45-,46-,47-,48-,63?,64?/m1/s1. The molecular formula is C48H79NO13P2. The van der Waals surface area contributed by atoms with E-state index in [1.807, 2.05) is 81.4 Å². The van der Waals surface area contributed by atoms with E-state index in [1.54, 1.807) is 0 Å². The summed E-state index contributed by atoms with van der Waals surface area (Å²) in [4.78, 5) is 28.2. The maximum Gasteiger partial charge on any atom is 0.331 e. The Morgan fingerprint density at radius 3 is 1.64 bits per heavy atom. The Bertz CT molecular complexity index is 1650. The lowest BCUT2D eigenvalue weighted by Gasteiger charge is -2.44. The first-order valence-corrected chi connectivity index (χ1v) is 27.3. The fraction of sp³-hybridized carbons (Fsp3) is 0.708. The van der Waals surface area contributed by atoms with Crippen molar-refractivity contribution in [1.82, 2.24) is 5.32 Å². The molecule has 1 heterocycles. The normalized spacial score (nSPS) is 21.6. The highest BCUT2D eigenvalue weighted by molar-refractivity contribution is 7.54. The molecule has 0 aliphatic carbocycles. The molecule has 1 amide bonds. The fourth-order valence-corrected chi connectivity index (χ4v) is 11.2. The van der Waals surface area contributed by atoms with Crippen LogP contribution in [0.15, 0.2) is 60.7 Å². The third kappa shape index (κ3) is 21.0. The first kappa shape index (κ1) is 55.8. The molecule has 1 aliphatic rings. The third-order valence-corrected chi connectivity index (χ3v) is 15.0. The molecule has 9 atom stereocenters. The van der Waals surface area contributed by atoms with Crippen LogP contribution in [0.2, 0.25) is 0 Å². The summed E-state index contributed by atoms with van der Waals surface area (Å²) in [6.07, 6.45) is 2.84. The molecule has 0 radical (unpaired) electrons. The molecule has 2 aromatic rings. The van der Waals surface area contributed by atoms with Crippen molar-refractivity contribution in [3.63, 3.8) is 0 Å². The molecule has 0 bridgehead atoms. The number of rotatable bonds is 35. The molecule has 1 saturated heterocycles. The van der Waals surface area contributed by atoms with Crippen LogP contribution in [-0.2, 0) is 64.2 Å². The van der Waals surface area contributed by atoms with Crippen molar-refractivity contribution in [2.75, 3.05) is 25.5 Å². The minimum atomic E-state index is -3.68. The van der Waals surface area contributed by atoms with Crippen LogP contribution >= 0.6 is 15.2 Å². The number of benzene rings is 2. The van der Waals surface area contributed by atoms with Gasteiger partial charge in [0.05, 0.1) is 57.2 Å². The molecule has 2 aromatic carbocycles. The van der Waals surface area contributed by atoms with E-state index in [9.17, 15) is 28.9 Å². The number of amides is 1. The number of unbranched alkanes of at least 4 members (excludes halogenated alkanes) is 7. The van der Waals surface area contributed by atoms with E-state index in [2.05, 4.69) is 19.2 Å². The average molecular weight is 940 g/mol. The predicted octanol–water partition coefficient (Wildman–Crippen LogP) is 10.4. The molecule has 3 N–H and O–H groups in total. The zero-order valence-corrected chi connectivity index (χ0v) is 40.9. The van der Waals surface area contributed by atoms with E-state index >= 15 is 0 Å². The van der Waals surface area contributed by atoms with Gasteiger partial charge in [-0.1, -0.05) is 153 Å². The Kier molecular flexibility index (Phi) is 27.5. The summed E-state index contributed by atoms with van der Waals surface area (Å²) >= 11 is 0. The second-order valence-corrected chi connectivity index (χ2v) is 21.0. The van der Waals surface area contributed by atoms with Crippen LogP contribution in [0.4, 0.5) is 0 Å². The van der Waals surface area contributed by atoms with E-state index in [0.717, 1.165) is 62.5 Å². The number of hydrogen-bond acceptors (Lipinski definition) is 13. The largest absolute Gasteiger partial charge is 0.457 e. The highest BCUT2D eigenvalue weighted by atomic mass is 31.2. The van der Waals surface area contributed by atoms with Crippen molar-refractivity contribution in [1.29, 1.82) is 0 Å². The summed E-state index contributed by atoms with van der Waals surface area (Å²) in [6.45, 7) is 9.87. The number of carbonyl (C=O) groups excluding carboxylic acids is 2. The van der Waals surface area contributed by atoms with Gasteiger partial charge in [0.1, 0.15) is 18.2 Å². The number of nitrogens with one attached hydrogen (secondary N) is 1. The minimum absolute atomic E-state index is 0.0765. The number of carbonyl (C=O) groups is 2. The average Bonchev–Trinajstić information content (AvgIpc) is 3.29. The van der Waals surface area contributed by atoms with E-state index in [1.165, 1.54) is 0 Å². The van der Waals surface area contributed by atoms with Gasteiger partial charge in [-0.2, -0.15) is 0 Å². The molecule has 14 nitrogen and oxygen atoms in total. The number of esters is 1. The summed E-state index contributed by atoms with van der Waals surface area (Å²) in [6, 6.07) is 17.6. The van der Waals surface area contributed by atoms with Gasteiger partial charge < -0.3 is 47.8 Å². The summed E-state index contributed by atoms with van der Waals surface area (Å²) in [5, 5.41) is 24.8. The van der Waals surface area contributed by atoms with Gasteiger partial charge in [0.15, 0.2) is 12.4 Å². The van der Waals surface area contributed by atoms with E-state index < -0.39 is 76.5 Å². The molecule has 0 saturated carbocycles. The van der Waals surface area contributed by atoms with E-state index in [-0.39, 0.29) is 45.0 Å². The lowest BCUT2D eigenvalue weighted by molar-refractivity contribution is -0.274.